The second-order valence-corrected chi connectivity index (χ2v) is 7.63. The van der Waals surface area contributed by atoms with Gasteiger partial charge in [-0.25, -0.2) is 0 Å². The molecule has 3 heterocycles. The lowest BCUT2D eigenvalue weighted by molar-refractivity contribution is -0.000965. The minimum absolute atomic E-state index is 0.167. The van der Waals surface area contributed by atoms with Gasteiger partial charge in [-0.15, -0.1) is 0 Å². The van der Waals surface area contributed by atoms with Crippen molar-refractivity contribution < 1.29 is 14.3 Å². The molecule has 1 spiro atoms. The zero-order chi connectivity index (χ0) is 19.9. The number of pyridine rings is 1. The monoisotopic (exact) mass is 381 g/mol. The molecule has 0 saturated carbocycles. The molecule has 2 N–H and O–H groups in total. The van der Waals surface area contributed by atoms with Crippen LogP contribution < -0.4 is 15.6 Å². The molecule has 7 heteroatoms. The SMILES string of the molecule is Cc1cc(C)c(C(=O)N2CCC[C@@]3(CNC(=O)c4ccccc4O3)C2)c(=O)[nH]1. The summed E-state index contributed by atoms with van der Waals surface area (Å²) in [5.74, 6) is 0.0446. The number of H-pyrrole nitrogens is 1. The van der Waals surface area contributed by atoms with Gasteiger partial charge in [-0.05, 0) is 50.5 Å². The van der Waals surface area contributed by atoms with E-state index < -0.39 is 5.60 Å². The topological polar surface area (TPSA) is 91.5 Å². The summed E-state index contributed by atoms with van der Waals surface area (Å²) in [4.78, 5) is 42.3. The Bertz CT molecular complexity index is 1010. The number of carbonyl (C=O) groups excluding carboxylic acids is 2. The van der Waals surface area contributed by atoms with Crippen molar-refractivity contribution in [1.29, 1.82) is 0 Å². The summed E-state index contributed by atoms with van der Waals surface area (Å²) in [6, 6.07) is 8.92. The predicted octanol–water partition coefficient (Wildman–Crippen LogP) is 1.79. The lowest BCUT2D eigenvalue weighted by Crippen LogP contribution is -2.58. The number of aromatic amines is 1. The molecule has 1 aromatic carbocycles. The largest absolute Gasteiger partial charge is 0.483 e. The van der Waals surface area contributed by atoms with Crippen LogP contribution in [0.3, 0.4) is 0 Å². The average Bonchev–Trinajstić information content (AvgIpc) is 2.78. The highest BCUT2D eigenvalue weighted by molar-refractivity contribution is 5.97. The van der Waals surface area contributed by atoms with Gasteiger partial charge in [0, 0.05) is 12.2 Å². The third kappa shape index (κ3) is 3.17. The molecule has 2 amide bonds. The first-order valence-corrected chi connectivity index (χ1v) is 9.45. The molecular formula is C21H23N3O4. The maximum absolute atomic E-state index is 13.1. The number of hydrogen-bond donors (Lipinski definition) is 2. The predicted molar refractivity (Wildman–Crippen MR) is 104 cm³/mol. The number of aryl methyl sites for hydroxylation is 2. The Morgan fingerprint density at radius 3 is 2.79 bits per heavy atom. The van der Waals surface area contributed by atoms with Crippen LogP contribution in [0.15, 0.2) is 35.1 Å². The summed E-state index contributed by atoms with van der Waals surface area (Å²) in [5.41, 5.74) is 0.963. The maximum atomic E-state index is 13.1. The van der Waals surface area contributed by atoms with Gasteiger partial charge in [0.1, 0.15) is 16.9 Å². The molecule has 146 valence electrons. The van der Waals surface area contributed by atoms with Gasteiger partial charge in [0.25, 0.3) is 17.4 Å². The van der Waals surface area contributed by atoms with Crippen molar-refractivity contribution in [3.63, 3.8) is 0 Å². The molecule has 2 aliphatic heterocycles. The fourth-order valence-corrected chi connectivity index (χ4v) is 4.13. The van der Waals surface area contributed by atoms with E-state index in [0.29, 0.717) is 42.9 Å². The lowest BCUT2D eigenvalue weighted by atomic mass is 9.91. The molecule has 1 atom stereocenters. The third-order valence-corrected chi connectivity index (χ3v) is 5.43. The highest BCUT2D eigenvalue weighted by Crippen LogP contribution is 2.32. The number of fused-ring (bicyclic) bond motifs is 1. The van der Waals surface area contributed by atoms with Gasteiger partial charge in [-0.2, -0.15) is 0 Å². The number of hydrogen-bond acceptors (Lipinski definition) is 4. The molecule has 1 fully saturated rings. The van der Waals surface area contributed by atoms with Crippen LogP contribution in [0.2, 0.25) is 0 Å². The minimum atomic E-state index is -0.707. The van der Waals surface area contributed by atoms with Gasteiger partial charge in [-0.3, -0.25) is 14.4 Å². The summed E-state index contributed by atoms with van der Waals surface area (Å²) in [6.45, 7) is 4.73. The first kappa shape index (κ1) is 18.3. The Hall–Kier alpha value is -3.09. The zero-order valence-electron chi connectivity index (χ0n) is 16.0. The summed E-state index contributed by atoms with van der Waals surface area (Å²) < 4.78 is 6.29. The van der Waals surface area contributed by atoms with Crippen molar-refractivity contribution in [2.45, 2.75) is 32.3 Å². The molecule has 0 unspecified atom stereocenters. The summed E-state index contributed by atoms with van der Waals surface area (Å²) in [6.07, 6.45) is 1.45. The van der Waals surface area contributed by atoms with Gasteiger partial charge in [0.05, 0.1) is 18.7 Å². The van der Waals surface area contributed by atoms with Crippen LogP contribution in [0.25, 0.3) is 0 Å². The second kappa shape index (κ2) is 6.82. The summed E-state index contributed by atoms with van der Waals surface area (Å²) in [7, 11) is 0. The fourth-order valence-electron chi connectivity index (χ4n) is 4.13. The third-order valence-electron chi connectivity index (χ3n) is 5.43. The van der Waals surface area contributed by atoms with Crippen molar-refractivity contribution in [3.05, 3.63) is 63.1 Å². The van der Waals surface area contributed by atoms with Crippen LogP contribution in [0.4, 0.5) is 0 Å². The molecule has 0 aliphatic carbocycles. The quantitative estimate of drug-likeness (QED) is 0.788. The molecule has 0 radical (unpaired) electrons. The van der Waals surface area contributed by atoms with E-state index in [1.54, 1.807) is 43.0 Å². The first-order valence-electron chi connectivity index (χ1n) is 9.45. The molecule has 1 saturated heterocycles. The Morgan fingerprint density at radius 1 is 1.21 bits per heavy atom. The number of benzene rings is 1. The number of para-hydroxylation sites is 1. The average molecular weight is 381 g/mol. The van der Waals surface area contributed by atoms with Crippen molar-refractivity contribution in [2.75, 3.05) is 19.6 Å². The van der Waals surface area contributed by atoms with Crippen LogP contribution in [-0.2, 0) is 0 Å². The van der Waals surface area contributed by atoms with Crippen molar-refractivity contribution in [3.8, 4) is 5.75 Å². The second-order valence-electron chi connectivity index (χ2n) is 7.63. The number of rotatable bonds is 1. The molecular weight excluding hydrogens is 358 g/mol. The van der Waals surface area contributed by atoms with E-state index in [9.17, 15) is 14.4 Å². The van der Waals surface area contributed by atoms with Crippen molar-refractivity contribution in [2.24, 2.45) is 0 Å². The zero-order valence-corrected chi connectivity index (χ0v) is 16.0. The molecule has 4 rings (SSSR count). The van der Waals surface area contributed by atoms with Crippen molar-refractivity contribution >= 4 is 11.8 Å². The maximum Gasteiger partial charge on any atom is 0.261 e. The minimum Gasteiger partial charge on any atom is -0.483 e. The number of piperidine rings is 1. The van der Waals surface area contributed by atoms with E-state index >= 15 is 0 Å². The number of aromatic nitrogens is 1. The fraction of sp³-hybridized carbons (Fsp3) is 0.381. The van der Waals surface area contributed by atoms with Gasteiger partial charge >= 0.3 is 0 Å². The van der Waals surface area contributed by atoms with E-state index in [2.05, 4.69) is 10.3 Å². The van der Waals surface area contributed by atoms with Gasteiger partial charge in [0.2, 0.25) is 0 Å². The number of likely N-dealkylation sites (tertiary alicyclic amines) is 1. The van der Waals surface area contributed by atoms with E-state index in [1.807, 2.05) is 6.07 Å². The Morgan fingerprint density at radius 2 is 2.00 bits per heavy atom. The highest BCUT2D eigenvalue weighted by Gasteiger charge is 2.42. The van der Waals surface area contributed by atoms with Crippen LogP contribution in [-0.4, -0.2) is 46.9 Å². The highest BCUT2D eigenvalue weighted by atomic mass is 16.5. The molecule has 1 aromatic heterocycles. The standard InChI is InChI=1S/C21H23N3O4/c1-13-10-14(2)23-19(26)17(13)20(27)24-9-5-8-21(12-24)11-22-18(25)15-6-3-4-7-16(15)28-21/h3-4,6-7,10H,5,8-9,11-12H2,1-2H3,(H,22,25)(H,23,26)/t21-/m1/s1. The lowest BCUT2D eigenvalue weighted by Gasteiger charge is -2.42. The summed E-state index contributed by atoms with van der Waals surface area (Å²) in [5, 5.41) is 2.92. The Labute approximate surface area is 162 Å². The van der Waals surface area contributed by atoms with Crippen LogP contribution in [0.1, 0.15) is 44.8 Å². The molecule has 2 aromatic rings. The number of nitrogens with zero attached hydrogens (tertiary/aromatic N) is 1. The van der Waals surface area contributed by atoms with Gasteiger partial charge in [-0.1, -0.05) is 12.1 Å². The normalized spacial score (nSPS) is 21.5. The summed E-state index contributed by atoms with van der Waals surface area (Å²) >= 11 is 0. The van der Waals surface area contributed by atoms with Crippen LogP contribution >= 0.6 is 0 Å². The number of nitrogens with one attached hydrogen (secondary N) is 2. The molecule has 7 nitrogen and oxygen atoms in total. The number of amides is 2. The molecule has 2 aliphatic rings. The van der Waals surface area contributed by atoms with Gasteiger partial charge < -0.3 is 19.9 Å². The number of ether oxygens (including phenoxy) is 1. The van der Waals surface area contributed by atoms with Crippen molar-refractivity contribution in [1.82, 2.24) is 15.2 Å². The molecule has 0 bridgehead atoms. The van der Waals surface area contributed by atoms with Gasteiger partial charge in [0.15, 0.2) is 0 Å². The van der Waals surface area contributed by atoms with E-state index in [0.717, 1.165) is 12.1 Å². The number of carbonyl (C=O) groups is 2. The van der Waals surface area contributed by atoms with Crippen LogP contribution in [0.5, 0.6) is 5.75 Å². The first-order chi connectivity index (χ1) is 13.4. The van der Waals surface area contributed by atoms with Crippen LogP contribution in [0, 0.1) is 13.8 Å². The smallest absolute Gasteiger partial charge is 0.261 e. The van der Waals surface area contributed by atoms with E-state index in [4.69, 9.17) is 4.74 Å². The molecule has 28 heavy (non-hydrogen) atoms. The van der Waals surface area contributed by atoms with E-state index in [-0.39, 0.29) is 22.9 Å². The Balaban J connectivity index is 1.64. The Kier molecular flexibility index (Phi) is 4.45. The van der Waals surface area contributed by atoms with E-state index in [1.165, 1.54) is 0 Å².